The molecule has 0 N–H and O–H groups in total. The van der Waals surface area contributed by atoms with Gasteiger partial charge >= 0.3 is 0 Å². The van der Waals surface area contributed by atoms with Crippen LogP contribution < -0.4 is 0 Å². The van der Waals surface area contributed by atoms with E-state index in [1.54, 1.807) is 23.9 Å². The number of carbonyl (C=O) groups excluding carboxylic acids is 1. The second kappa shape index (κ2) is 8.16. The van der Waals surface area contributed by atoms with Gasteiger partial charge in [-0.1, -0.05) is 0 Å². The number of carbonyl (C=O) groups is 1. The Labute approximate surface area is 152 Å². The normalized spacial score (nSPS) is 22.5. The highest BCUT2D eigenvalue weighted by atomic mass is 32.2. The van der Waals surface area contributed by atoms with Gasteiger partial charge in [0.1, 0.15) is 5.37 Å². The summed E-state index contributed by atoms with van der Waals surface area (Å²) >= 11 is 1.60. The van der Waals surface area contributed by atoms with Crippen LogP contribution in [0.3, 0.4) is 0 Å². The molecule has 2 saturated heterocycles. The van der Waals surface area contributed by atoms with E-state index in [9.17, 15) is 14.9 Å². The fraction of sp³-hybridized carbons (Fsp3) is 0.588. The lowest BCUT2D eigenvalue weighted by Crippen LogP contribution is -2.45. The summed E-state index contributed by atoms with van der Waals surface area (Å²) in [6.07, 6.45) is 0.958. The Morgan fingerprint density at radius 3 is 2.48 bits per heavy atom. The summed E-state index contributed by atoms with van der Waals surface area (Å²) in [4.78, 5) is 29.3. The molecule has 7 nitrogen and oxygen atoms in total. The van der Waals surface area contributed by atoms with Gasteiger partial charge < -0.3 is 14.7 Å². The van der Waals surface area contributed by atoms with Crippen LogP contribution in [0.25, 0.3) is 0 Å². The predicted molar refractivity (Wildman–Crippen MR) is 98.6 cm³/mol. The first-order valence-electron chi connectivity index (χ1n) is 8.61. The fourth-order valence-electron chi connectivity index (χ4n) is 3.27. The first-order chi connectivity index (χ1) is 12.0. The van der Waals surface area contributed by atoms with E-state index in [4.69, 9.17) is 0 Å². The molecule has 2 fully saturated rings. The number of thioether (sulfide) groups is 1. The lowest BCUT2D eigenvalue weighted by molar-refractivity contribution is -0.384. The molecule has 0 aliphatic carbocycles. The minimum atomic E-state index is -0.398. The van der Waals surface area contributed by atoms with E-state index in [1.807, 2.05) is 4.90 Å². The third-order valence-electron chi connectivity index (χ3n) is 4.83. The molecule has 25 heavy (non-hydrogen) atoms. The Morgan fingerprint density at radius 1 is 1.16 bits per heavy atom. The number of non-ortho nitro benzene ring substituents is 1. The second-order valence-electron chi connectivity index (χ2n) is 6.60. The summed E-state index contributed by atoms with van der Waals surface area (Å²) < 4.78 is 0. The van der Waals surface area contributed by atoms with E-state index >= 15 is 0 Å². The van der Waals surface area contributed by atoms with E-state index in [0.29, 0.717) is 5.75 Å². The van der Waals surface area contributed by atoms with Crippen LogP contribution in [0.1, 0.15) is 17.4 Å². The highest BCUT2D eigenvalue weighted by Crippen LogP contribution is 2.39. The predicted octanol–water partition coefficient (Wildman–Crippen LogP) is 1.81. The molecule has 1 aromatic rings. The van der Waals surface area contributed by atoms with Crippen LogP contribution in [0.15, 0.2) is 24.3 Å². The number of hydrogen-bond donors (Lipinski definition) is 0. The molecule has 136 valence electrons. The summed E-state index contributed by atoms with van der Waals surface area (Å²) in [5.74, 6) is 0.641. The fourth-order valence-corrected chi connectivity index (χ4v) is 4.49. The minimum absolute atomic E-state index is 0.0270. The van der Waals surface area contributed by atoms with Gasteiger partial charge in [-0.15, -0.1) is 11.8 Å². The van der Waals surface area contributed by atoms with E-state index in [1.165, 1.54) is 12.1 Å². The maximum absolute atomic E-state index is 12.2. The number of piperazine rings is 1. The molecule has 3 rings (SSSR count). The van der Waals surface area contributed by atoms with E-state index in [-0.39, 0.29) is 17.0 Å². The van der Waals surface area contributed by atoms with E-state index in [0.717, 1.165) is 51.3 Å². The number of amides is 1. The monoisotopic (exact) mass is 364 g/mol. The molecule has 1 aromatic carbocycles. The maximum atomic E-state index is 12.2. The zero-order chi connectivity index (χ0) is 17.8. The van der Waals surface area contributed by atoms with Gasteiger partial charge in [0.05, 0.1) is 10.7 Å². The van der Waals surface area contributed by atoms with Crippen LogP contribution in [-0.4, -0.2) is 77.6 Å². The van der Waals surface area contributed by atoms with Crippen LogP contribution >= 0.6 is 11.8 Å². The summed E-state index contributed by atoms with van der Waals surface area (Å²) in [6.45, 7) is 6.12. The van der Waals surface area contributed by atoms with Gasteiger partial charge in [0, 0.05) is 44.9 Å². The molecule has 0 aromatic heterocycles. The first kappa shape index (κ1) is 18.2. The van der Waals surface area contributed by atoms with Crippen LogP contribution in [0.2, 0.25) is 0 Å². The Balaban J connectivity index is 1.55. The van der Waals surface area contributed by atoms with Crippen molar-refractivity contribution in [1.29, 1.82) is 0 Å². The quantitative estimate of drug-likeness (QED) is 0.566. The Kier molecular flexibility index (Phi) is 5.93. The average Bonchev–Trinajstić information content (AvgIpc) is 2.98. The summed E-state index contributed by atoms with van der Waals surface area (Å²) in [5.41, 5.74) is 1.04. The number of nitrogens with zero attached hydrogens (tertiary/aromatic N) is 4. The van der Waals surface area contributed by atoms with Gasteiger partial charge in [-0.05, 0) is 37.7 Å². The highest BCUT2D eigenvalue weighted by Gasteiger charge is 2.32. The third-order valence-corrected chi connectivity index (χ3v) is 6.08. The largest absolute Gasteiger partial charge is 0.326 e. The van der Waals surface area contributed by atoms with Crippen molar-refractivity contribution in [3.8, 4) is 0 Å². The lowest BCUT2D eigenvalue weighted by atomic mass is 10.2. The van der Waals surface area contributed by atoms with Crippen molar-refractivity contribution in [3.05, 3.63) is 39.9 Å². The molecule has 8 heteroatoms. The number of nitro benzene ring substituents is 1. The molecular formula is C17H24N4O3S. The van der Waals surface area contributed by atoms with Gasteiger partial charge in [-0.2, -0.15) is 0 Å². The molecule has 1 atom stereocenters. The SMILES string of the molecule is CN1CCN(CCCN2C(=O)CS[C@H]2c2ccc([N+](=O)[O-])cc2)CC1. The Hall–Kier alpha value is -1.64. The van der Waals surface area contributed by atoms with Crippen LogP contribution in [0, 0.1) is 10.1 Å². The number of rotatable bonds is 6. The van der Waals surface area contributed by atoms with Gasteiger partial charge in [-0.3, -0.25) is 14.9 Å². The molecule has 0 radical (unpaired) electrons. The molecule has 2 heterocycles. The molecule has 2 aliphatic rings. The van der Waals surface area contributed by atoms with Crippen molar-refractivity contribution in [2.45, 2.75) is 11.8 Å². The smallest absolute Gasteiger partial charge is 0.269 e. The van der Waals surface area contributed by atoms with Gasteiger partial charge in [0.15, 0.2) is 0 Å². The number of nitro groups is 1. The second-order valence-corrected chi connectivity index (χ2v) is 7.67. The molecule has 2 aliphatic heterocycles. The van der Waals surface area contributed by atoms with Gasteiger partial charge in [0.2, 0.25) is 5.91 Å². The number of benzene rings is 1. The summed E-state index contributed by atoms with van der Waals surface area (Å²) in [7, 11) is 2.15. The first-order valence-corrected chi connectivity index (χ1v) is 9.66. The van der Waals surface area contributed by atoms with Crippen molar-refractivity contribution in [1.82, 2.24) is 14.7 Å². The molecule has 0 unspecified atom stereocenters. The van der Waals surface area contributed by atoms with E-state index in [2.05, 4.69) is 16.8 Å². The maximum Gasteiger partial charge on any atom is 0.269 e. The van der Waals surface area contributed by atoms with Crippen molar-refractivity contribution in [2.75, 3.05) is 52.1 Å². The zero-order valence-corrected chi connectivity index (χ0v) is 15.3. The molecule has 0 saturated carbocycles. The topological polar surface area (TPSA) is 69.9 Å². The Bertz CT molecular complexity index is 617. The standard InChI is InChI=1S/C17H24N4O3S/c1-18-9-11-19(12-10-18)7-2-8-20-16(22)13-25-17(20)14-3-5-15(6-4-14)21(23)24/h3-6,17H,2,7-13H2,1H3/t17-/m0/s1. The lowest BCUT2D eigenvalue weighted by Gasteiger charge is -2.33. The van der Waals surface area contributed by atoms with Crippen molar-refractivity contribution >= 4 is 23.4 Å². The summed E-state index contributed by atoms with van der Waals surface area (Å²) in [6, 6.07) is 6.56. The van der Waals surface area contributed by atoms with Crippen LogP contribution in [-0.2, 0) is 4.79 Å². The third kappa shape index (κ3) is 4.50. The van der Waals surface area contributed by atoms with Crippen molar-refractivity contribution < 1.29 is 9.72 Å². The molecule has 0 bridgehead atoms. The van der Waals surface area contributed by atoms with Crippen molar-refractivity contribution in [2.24, 2.45) is 0 Å². The zero-order valence-electron chi connectivity index (χ0n) is 14.5. The summed E-state index contributed by atoms with van der Waals surface area (Å²) in [5, 5.41) is 10.8. The van der Waals surface area contributed by atoms with Crippen LogP contribution in [0.4, 0.5) is 5.69 Å². The molecule has 0 spiro atoms. The number of hydrogen-bond acceptors (Lipinski definition) is 6. The minimum Gasteiger partial charge on any atom is -0.326 e. The Morgan fingerprint density at radius 2 is 1.84 bits per heavy atom. The number of likely N-dealkylation sites (N-methyl/N-ethyl adjacent to an activating group) is 1. The van der Waals surface area contributed by atoms with Crippen LogP contribution in [0.5, 0.6) is 0 Å². The van der Waals surface area contributed by atoms with Crippen molar-refractivity contribution in [3.63, 3.8) is 0 Å². The highest BCUT2D eigenvalue weighted by molar-refractivity contribution is 8.00. The molecular weight excluding hydrogens is 340 g/mol. The molecule has 1 amide bonds. The van der Waals surface area contributed by atoms with Gasteiger partial charge in [-0.25, -0.2) is 0 Å². The van der Waals surface area contributed by atoms with Gasteiger partial charge in [0.25, 0.3) is 5.69 Å². The van der Waals surface area contributed by atoms with E-state index < -0.39 is 4.92 Å². The average molecular weight is 364 g/mol.